The van der Waals surface area contributed by atoms with Crippen molar-refractivity contribution < 1.29 is 9.47 Å². The molecule has 1 aliphatic rings. The molecular formula is C10H16O2. The Kier molecular flexibility index (Phi) is 2.40. The second kappa shape index (κ2) is 3.04. The molecule has 2 nitrogen and oxygen atoms in total. The third kappa shape index (κ3) is 1.76. The predicted octanol–water partition coefficient (Wildman–Crippen LogP) is 2.27. The lowest BCUT2D eigenvalue weighted by Gasteiger charge is -2.24. The lowest BCUT2D eigenvalue weighted by Crippen LogP contribution is -2.30. The first-order chi connectivity index (χ1) is 5.54. The van der Waals surface area contributed by atoms with E-state index in [4.69, 9.17) is 9.47 Å². The number of hydrogen-bond donors (Lipinski definition) is 0. The molecule has 1 saturated heterocycles. The lowest BCUT2D eigenvalue weighted by atomic mass is 10.0. The van der Waals surface area contributed by atoms with Crippen LogP contribution >= 0.6 is 0 Å². The van der Waals surface area contributed by atoms with Crippen molar-refractivity contribution in [2.24, 2.45) is 0 Å². The summed E-state index contributed by atoms with van der Waals surface area (Å²) in [6, 6.07) is 0. The van der Waals surface area contributed by atoms with E-state index in [1.807, 2.05) is 19.9 Å². The molecule has 1 aliphatic heterocycles. The maximum atomic E-state index is 5.71. The van der Waals surface area contributed by atoms with Crippen LogP contribution in [-0.2, 0) is 9.47 Å². The van der Waals surface area contributed by atoms with Gasteiger partial charge in [-0.15, -0.1) is 6.58 Å². The van der Waals surface area contributed by atoms with Crippen LogP contribution in [0.5, 0.6) is 0 Å². The van der Waals surface area contributed by atoms with Crippen molar-refractivity contribution in [2.75, 3.05) is 6.61 Å². The van der Waals surface area contributed by atoms with Gasteiger partial charge in [-0.3, -0.25) is 0 Å². The van der Waals surface area contributed by atoms with E-state index in [2.05, 4.69) is 13.2 Å². The van der Waals surface area contributed by atoms with E-state index < -0.39 is 5.79 Å². The van der Waals surface area contributed by atoms with Gasteiger partial charge in [0.15, 0.2) is 5.79 Å². The fourth-order valence-corrected chi connectivity index (χ4v) is 1.35. The summed E-state index contributed by atoms with van der Waals surface area (Å²) in [5.41, 5.74) is -0.231. The lowest BCUT2D eigenvalue weighted by molar-refractivity contribution is -0.133. The summed E-state index contributed by atoms with van der Waals surface area (Å²) in [5.74, 6) is -0.613. The van der Waals surface area contributed by atoms with Crippen LogP contribution < -0.4 is 0 Å². The summed E-state index contributed by atoms with van der Waals surface area (Å²) in [7, 11) is 0. The van der Waals surface area contributed by atoms with Crippen molar-refractivity contribution in [1.29, 1.82) is 0 Å². The molecule has 1 heterocycles. The van der Waals surface area contributed by atoms with E-state index in [1.165, 1.54) is 0 Å². The monoisotopic (exact) mass is 168 g/mol. The Bertz CT molecular complexity index is 200. The first-order valence-corrected chi connectivity index (χ1v) is 4.12. The number of hydrogen-bond acceptors (Lipinski definition) is 2. The van der Waals surface area contributed by atoms with Crippen molar-refractivity contribution in [3.05, 3.63) is 25.3 Å². The van der Waals surface area contributed by atoms with Gasteiger partial charge in [0, 0.05) is 0 Å². The van der Waals surface area contributed by atoms with Crippen molar-refractivity contribution in [3.63, 3.8) is 0 Å². The minimum Gasteiger partial charge on any atom is -0.344 e. The normalized spacial score (nSPS) is 41.2. The molecule has 0 aromatic heterocycles. The highest BCUT2D eigenvalue weighted by atomic mass is 16.8. The molecule has 0 saturated carbocycles. The zero-order chi connectivity index (χ0) is 9.24. The van der Waals surface area contributed by atoms with Crippen LogP contribution in [0, 0.1) is 0 Å². The van der Waals surface area contributed by atoms with E-state index in [9.17, 15) is 0 Å². The largest absolute Gasteiger partial charge is 0.344 e. The van der Waals surface area contributed by atoms with E-state index in [0.29, 0.717) is 6.61 Å². The molecule has 0 bridgehead atoms. The summed E-state index contributed by atoms with van der Waals surface area (Å²) in [5, 5.41) is 0. The molecule has 0 radical (unpaired) electrons. The summed E-state index contributed by atoms with van der Waals surface area (Å²) in [6.07, 6.45) is 4.33. The second-order valence-electron chi connectivity index (χ2n) is 3.55. The molecule has 1 unspecified atom stereocenters. The minimum atomic E-state index is -0.613. The van der Waals surface area contributed by atoms with E-state index in [1.54, 1.807) is 6.08 Å². The zero-order valence-electron chi connectivity index (χ0n) is 7.80. The third-order valence-corrected chi connectivity index (χ3v) is 2.06. The van der Waals surface area contributed by atoms with E-state index in [0.717, 1.165) is 6.42 Å². The van der Waals surface area contributed by atoms with E-state index >= 15 is 0 Å². The SMILES string of the molecule is C=CC[C@@]1(C)COC(C)(C=C)O1. The molecule has 0 amide bonds. The van der Waals surface area contributed by atoms with Gasteiger partial charge >= 0.3 is 0 Å². The van der Waals surface area contributed by atoms with Crippen molar-refractivity contribution in [1.82, 2.24) is 0 Å². The van der Waals surface area contributed by atoms with E-state index in [-0.39, 0.29) is 5.60 Å². The molecule has 2 atom stereocenters. The molecule has 68 valence electrons. The quantitative estimate of drug-likeness (QED) is 0.602. The van der Waals surface area contributed by atoms with Gasteiger partial charge in [-0.25, -0.2) is 0 Å². The Morgan fingerprint density at radius 2 is 2.08 bits per heavy atom. The fourth-order valence-electron chi connectivity index (χ4n) is 1.35. The topological polar surface area (TPSA) is 18.5 Å². The van der Waals surface area contributed by atoms with Crippen molar-refractivity contribution >= 4 is 0 Å². The predicted molar refractivity (Wildman–Crippen MR) is 48.9 cm³/mol. The fraction of sp³-hybridized carbons (Fsp3) is 0.600. The highest BCUT2D eigenvalue weighted by Crippen LogP contribution is 2.33. The first-order valence-electron chi connectivity index (χ1n) is 4.12. The summed E-state index contributed by atoms with van der Waals surface area (Å²) in [4.78, 5) is 0. The Labute approximate surface area is 73.9 Å². The van der Waals surface area contributed by atoms with Gasteiger partial charge in [0.2, 0.25) is 0 Å². The van der Waals surface area contributed by atoms with Crippen LogP contribution in [0.15, 0.2) is 25.3 Å². The highest BCUT2D eigenvalue weighted by molar-refractivity contribution is 4.97. The average molecular weight is 168 g/mol. The number of ether oxygens (including phenoxy) is 2. The van der Waals surface area contributed by atoms with Gasteiger partial charge in [0.05, 0.1) is 12.2 Å². The van der Waals surface area contributed by atoms with Crippen molar-refractivity contribution in [3.8, 4) is 0 Å². The molecule has 0 N–H and O–H groups in total. The first kappa shape index (κ1) is 9.49. The van der Waals surface area contributed by atoms with Crippen molar-refractivity contribution in [2.45, 2.75) is 31.7 Å². The summed E-state index contributed by atoms with van der Waals surface area (Å²) in [6.45, 7) is 11.8. The maximum Gasteiger partial charge on any atom is 0.185 e. The van der Waals surface area contributed by atoms with Gasteiger partial charge < -0.3 is 9.47 Å². The van der Waals surface area contributed by atoms with Crippen LogP contribution in [-0.4, -0.2) is 18.0 Å². The third-order valence-electron chi connectivity index (χ3n) is 2.06. The van der Waals surface area contributed by atoms with Gasteiger partial charge in [-0.2, -0.15) is 0 Å². The minimum absolute atomic E-state index is 0.231. The van der Waals surface area contributed by atoms with Gasteiger partial charge in [-0.05, 0) is 26.3 Å². The maximum absolute atomic E-state index is 5.71. The van der Waals surface area contributed by atoms with Gasteiger partial charge in [0.25, 0.3) is 0 Å². The molecule has 1 rings (SSSR count). The van der Waals surface area contributed by atoms with Crippen LogP contribution in [0.25, 0.3) is 0 Å². The summed E-state index contributed by atoms with van der Waals surface area (Å²) >= 11 is 0. The van der Waals surface area contributed by atoms with Crippen LogP contribution in [0.3, 0.4) is 0 Å². The van der Waals surface area contributed by atoms with Crippen LogP contribution in [0.4, 0.5) is 0 Å². The second-order valence-corrected chi connectivity index (χ2v) is 3.55. The standard InChI is InChI=1S/C10H16O2/c1-5-7-9(3)8-11-10(4,6-2)12-9/h5-6H,1-2,7-8H2,3-4H3/t9-,10?/m0/s1. The summed E-state index contributed by atoms with van der Waals surface area (Å²) < 4.78 is 11.2. The molecule has 12 heavy (non-hydrogen) atoms. The molecule has 0 spiro atoms. The molecule has 1 fully saturated rings. The Morgan fingerprint density at radius 3 is 2.50 bits per heavy atom. The molecular weight excluding hydrogens is 152 g/mol. The number of rotatable bonds is 3. The van der Waals surface area contributed by atoms with Gasteiger partial charge in [0.1, 0.15) is 0 Å². The Balaban J connectivity index is 2.65. The van der Waals surface area contributed by atoms with Crippen LogP contribution in [0.2, 0.25) is 0 Å². The van der Waals surface area contributed by atoms with Gasteiger partial charge in [-0.1, -0.05) is 12.7 Å². The molecule has 0 aliphatic carbocycles. The Morgan fingerprint density at radius 1 is 1.42 bits per heavy atom. The highest BCUT2D eigenvalue weighted by Gasteiger charge is 2.42. The zero-order valence-corrected chi connectivity index (χ0v) is 7.80. The van der Waals surface area contributed by atoms with Crippen LogP contribution in [0.1, 0.15) is 20.3 Å². The average Bonchev–Trinajstić information content (AvgIpc) is 2.30. The molecule has 2 heteroatoms. The Hall–Kier alpha value is -0.600. The molecule has 0 aromatic rings. The molecule has 0 aromatic carbocycles. The smallest absolute Gasteiger partial charge is 0.185 e.